The first-order valence-corrected chi connectivity index (χ1v) is 14.0. The molecule has 0 aliphatic heterocycles. The highest BCUT2D eigenvalue weighted by molar-refractivity contribution is 7.26. The quantitative estimate of drug-likeness (QED) is 0.210. The average molecular weight is 558 g/mol. The number of hydrogen-bond acceptors (Lipinski definition) is 2. The van der Waals surface area contributed by atoms with Gasteiger partial charge >= 0.3 is 6.18 Å². The summed E-state index contributed by atoms with van der Waals surface area (Å²) in [5, 5.41) is 2.36. The summed E-state index contributed by atoms with van der Waals surface area (Å²) >= 11 is 1.75. The van der Waals surface area contributed by atoms with Crippen molar-refractivity contribution in [2.24, 2.45) is 0 Å². The van der Waals surface area contributed by atoms with Crippen molar-refractivity contribution in [3.63, 3.8) is 0 Å². The molecule has 0 amide bonds. The number of pyridine rings is 1. The van der Waals surface area contributed by atoms with E-state index in [0.29, 0.717) is 5.56 Å². The summed E-state index contributed by atoms with van der Waals surface area (Å²) in [6.07, 6.45) is -0.769. The van der Waals surface area contributed by atoms with Gasteiger partial charge in [-0.05, 0) is 56.6 Å². The largest absolute Gasteiger partial charge is 0.417 e. The summed E-state index contributed by atoms with van der Waals surface area (Å²) in [5.41, 5.74) is 6.66. The van der Waals surface area contributed by atoms with Crippen LogP contribution in [0.15, 0.2) is 134 Å². The van der Waals surface area contributed by atoms with Gasteiger partial charge in [-0.25, -0.2) is 0 Å². The molecule has 0 saturated heterocycles. The number of alkyl halides is 3. The van der Waals surface area contributed by atoms with Gasteiger partial charge in [0.15, 0.2) is 0 Å². The van der Waals surface area contributed by atoms with Gasteiger partial charge < -0.3 is 0 Å². The summed E-state index contributed by atoms with van der Waals surface area (Å²) in [6, 6.07) is 38.3. The van der Waals surface area contributed by atoms with Crippen molar-refractivity contribution in [3.8, 4) is 44.5 Å². The van der Waals surface area contributed by atoms with Crippen molar-refractivity contribution < 1.29 is 13.2 Å². The predicted octanol–water partition coefficient (Wildman–Crippen LogP) is 11.1. The molecule has 0 unspecified atom stereocenters. The van der Waals surface area contributed by atoms with Crippen LogP contribution < -0.4 is 0 Å². The molecule has 198 valence electrons. The smallest absolute Gasteiger partial charge is 0.264 e. The lowest BCUT2D eigenvalue weighted by Gasteiger charge is -2.13. The monoisotopic (exact) mass is 557 g/mol. The van der Waals surface area contributed by atoms with Crippen LogP contribution in [0.25, 0.3) is 64.7 Å². The fourth-order valence-corrected chi connectivity index (χ4v) is 6.83. The first-order chi connectivity index (χ1) is 20.0. The maximum Gasteiger partial charge on any atom is 0.417 e. The second-order valence-corrected chi connectivity index (χ2v) is 10.9. The van der Waals surface area contributed by atoms with Crippen LogP contribution in [0.4, 0.5) is 13.2 Å². The van der Waals surface area contributed by atoms with Crippen molar-refractivity contribution in [1.29, 1.82) is 0 Å². The third-order valence-electron chi connectivity index (χ3n) is 7.45. The fourth-order valence-electron chi connectivity index (χ4n) is 5.46. The van der Waals surface area contributed by atoms with E-state index in [1.807, 2.05) is 30.5 Å². The molecule has 2 heterocycles. The highest BCUT2D eigenvalue weighted by Crippen LogP contribution is 2.44. The Balaban J connectivity index is 1.30. The lowest BCUT2D eigenvalue weighted by molar-refractivity contribution is -0.137. The SMILES string of the molecule is FC(F)(F)c1ccccc1-c1ccc(-c2cccc3c2sc2c(-c4ccc(-c5cccnc5)cc4)cccc23)cc1. The Labute approximate surface area is 239 Å². The third kappa shape index (κ3) is 4.58. The van der Waals surface area contributed by atoms with Crippen LogP contribution >= 0.6 is 11.3 Å². The van der Waals surface area contributed by atoms with E-state index in [4.69, 9.17) is 0 Å². The highest BCUT2D eigenvalue weighted by atomic mass is 32.1. The van der Waals surface area contributed by atoms with Crippen LogP contribution in [0.2, 0.25) is 0 Å². The number of nitrogens with zero attached hydrogens (tertiary/aromatic N) is 1. The molecule has 7 aromatic rings. The Morgan fingerprint density at radius 1 is 0.463 bits per heavy atom. The fraction of sp³-hybridized carbons (Fsp3) is 0.0278. The molecule has 2 aromatic heterocycles. The molecule has 0 bridgehead atoms. The first-order valence-electron chi connectivity index (χ1n) is 13.2. The molecule has 0 atom stereocenters. The van der Waals surface area contributed by atoms with Gasteiger partial charge in [0.05, 0.1) is 5.56 Å². The molecule has 0 fully saturated rings. The predicted molar refractivity (Wildman–Crippen MR) is 164 cm³/mol. The summed E-state index contributed by atoms with van der Waals surface area (Å²) in [5.74, 6) is 0. The zero-order valence-electron chi connectivity index (χ0n) is 21.7. The molecule has 7 rings (SSSR count). The van der Waals surface area contributed by atoms with Crippen molar-refractivity contribution in [1.82, 2.24) is 4.98 Å². The lowest BCUT2D eigenvalue weighted by atomic mass is 9.96. The Bertz CT molecular complexity index is 2010. The number of rotatable bonds is 4. The molecule has 0 aliphatic carbocycles. The van der Waals surface area contributed by atoms with Gasteiger partial charge in [0, 0.05) is 32.6 Å². The lowest BCUT2D eigenvalue weighted by Crippen LogP contribution is -2.06. The zero-order valence-corrected chi connectivity index (χ0v) is 22.5. The van der Waals surface area contributed by atoms with E-state index in [9.17, 15) is 13.2 Å². The van der Waals surface area contributed by atoms with Crippen LogP contribution in [0.5, 0.6) is 0 Å². The molecule has 5 heteroatoms. The number of aromatic nitrogens is 1. The van der Waals surface area contributed by atoms with E-state index in [1.165, 1.54) is 33.2 Å². The van der Waals surface area contributed by atoms with Gasteiger partial charge in [0.25, 0.3) is 0 Å². The number of fused-ring (bicyclic) bond motifs is 3. The Morgan fingerprint density at radius 3 is 1.51 bits per heavy atom. The Morgan fingerprint density at radius 2 is 0.976 bits per heavy atom. The second-order valence-electron chi connectivity index (χ2n) is 9.91. The minimum absolute atomic E-state index is 0.186. The van der Waals surface area contributed by atoms with Gasteiger partial charge in [-0.1, -0.05) is 109 Å². The van der Waals surface area contributed by atoms with Crippen LogP contribution in [0.3, 0.4) is 0 Å². The van der Waals surface area contributed by atoms with E-state index in [0.717, 1.165) is 38.6 Å². The van der Waals surface area contributed by atoms with E-state index >= 15 is 0 Å². The average Bonchev–Trinajstić information content (AvgIpc) is 3.41. The molecule has 0 spiro atoms. The minimum Gasteiger partial charge on any atom is -0.264 e. The summed E-state index contributed by atoms with van der Waals surface area (Å²) < 4.78 is 43.2. The number of benzene rings is 5. The molecule has 0 N–H and O–H groups in total. The molecule has 0 aliphatic rings. The van der Waals surface area contributed by atoms with Crippen LogP contribution in [-0.4, -0.2) is 4.98 Å². The second kappa shape index (κ2) is 10.0. The topological polar surface area (TPSA) is 12.9 Å². The van der Waals surface area contributed by atoms with Gasteiger partial charge in [0.2, 0.25) is 0 Å². The number of halogens is 3. The van der Waals surface area contributed by atoms with E-state index in [1.54, 1.807) is 35.7 Å². The first kappa shape index (κ1) is 25.2. The summed E-state index contributed by atoms with van der Waals surface area (Å²) in [6.45, 7) is 0. The Kier molecular flexibility index (Phi) is 6.17. The van der Waals surface area contributed by atoms with Gasteiger partial charge in [0.1, 0.15) is 0 Å². The summed E-state index contributed by atoms with van der Waals surface area (Å²) in [4.78, 5) is 4.23. The number of thiophene rings is 1. The van der Waals surface area contributed by atoms with Gasteiger partial charge in [-0.2, -0.15) is 13.2 Å². The molecule has 0 saturated carbocycles. The van der Waals surface area contributed by atoms with Crippen LogP contribution in [-0.2, 0) is 6.18 Å². The number of hydrogen-bond donors (Lipinski definition) is 0. The van der Waals surface area contributed by atoms with E-state index in [2.05, 4.69) is 65.6 Å². The minimum atomic E-state index is -4.41. The van der Waals surface area contributed by atoms with Crippen molar-refractivity contribution in [3.05, 3.63) is 139 Å². The van der Waals surface area contributed by atoms with E-state index < -0.39 is 11.7 Å². The van der Waals surface area contributed by atoms with Crippen molar-refractivity contribution in [2.75, 3.05) is 0 Å². The van der Waals surface area contributed by atoms with E-state index in [-0.39, 0.29) is 5.56 Å². The maximum atomic E-state index is 13.6. The molecule has 41 heavy (non-hydrogen) atoms. The molecular weight excluding hydrogens is 535 g/mol. The maximum absolute atomic E-state index is 13.6. The highest BCUT2D eigenvalue weighted by Gasteiger charge is 2.33. The molecule has 5 aromatic carbocycles. The summed E-state index contributed by atoms with van der Waals surface area (Å²) in [7, 11) is 0. The van der Waals surface area contributed by atoms with Crippen LogP contribution in [0.1, 0.15) is 5.56 Å². The van der Waals surface area contributed by atoms with Crippen LogP contribution in [0, 0.1) is 0 Å². The zero-order chi connectivity index (χ0) is 28.0. The third-order valence-corrected chi connectivity index (χ3v) is 8.74. The normalized spacial score (nSPS) is 11.8. The standard InChI is InChI=1S/C36H22F3NS/c37-36(38,39)33-12-2-1-7-28(33)24-17-19-26(20-18-24)30-9-4-11-32-31-10-3-8-29(34(31)41-35(30)32)25-15-13-23(14-16-25)27-6-5-21-40-22-27/h1-22H. The Hall–Kier alpha value is -4.74. The van der Waals surface area contributed by atoms with Gasteiger partial charge in [-0.15, -0.1) is 11.3 Å². The molecule has 1 nitrogen and oxygen atoms in total. The molecular formula is C36H22F3NS. The van der Waals surface area contributed by atoms with Crippen molar-refractivity contribution in [2.45, 2.75) is 6.18 Å². The molecule has 0 radical (unpaired) electrons. The van der Waals surface area contributed by atoms with Gasteiger partial charge in [-0.3, -0.25) is 4.98 Å². The van der Waals surface area contributed by atoms with Crippen molar-refractivity contribution >= 4 is 31.5 Å².